The Hall–Kier alpha value is -2.18. The molecule has 0 aromatic heterocycles. The van der Waals surface area contributed by atoms with Crippen molar-refractivity contribution in [2.75, 3.05) is 19.8 Å². The van der Waals surface area contributed by atoms with E-state index in [4.69, 9.17) is 9.57 Å². The second-order valence-electron chi connectivity index (χ2n) is 15.3. The minimum Gasteiger partial charge on any atom is -0.393 e. The van der Waals surface area contributed by atoms with Gasteiger partial charge in [-0.05, 0) is 117 Å². The van der Waals surface area contributed by atoms with E-state index in [9.17, 15) is 9.90 Å². The summed E-state index contributed by atoms with van der Waals surface area (Å²) in [4.78, 5) is 18.4. The number of nitrogens with zero attached hydrogens (tertiary/aromatic N) is 1. The molecular formula is C37H54N2O4. The largest absolute Gasteiger partial charge is 0.393 e. The molecule has 6 heteroatoms. The first kappa shape index (κ1) is 30.8. The van der Waals surface area contributed by atoms with Gasteiger partial charge in [-0.1, -0.05) is 68.8 Å². The van der Waals surface area contributed by atoms with Crippen LogP contribution in [-0.2, 0) is 19.8 Å². The first-order valence-electron chi connectivity index (χ1n) is 17.2. The monoisotopic (exact) mass is 590 g/mol. The molecule has 0 unspecified atom stereocenters. The number of rotatable bonds is 8. The molecule has 0 spiro atoms. The molecule has 43 heavy (non-hydrogen) atoms. The summed E-state index contributed by atoms with van der Waals surface area (Å²) in [6.07, 6.45) is 14.1. The van der Waals surface area contributed by atoms with Crippen LogP contribution in [0.3, 0.4) is 0 Å². The lowest BCUT2D eigenvalue weighted by molar-refractivity contribution is -0.125. The van der Waals surface area contributed by atoms with E-state index < -0.39 is 0 Å². The maximum absolute atomic E-state index is 12.8. The SMILES string of the molecule is CC(C)[C@@H]1C[C@](CCNC(=O)CON=C2C=C3CC[C@H]4[C@@H](CC[C@]5(C)[C@@H](O)CC[C@@H]45)[C@@]3(C)CC2)(c2ccccc2)CCO1. The zero-order valence-electron chi connectivity index (χ0n) is 26.9. The molecule has 0 radical (unpaired) electrons. The third kappa shape index (κ3) is 5.83. The van der Waals surface area contributed by atoms with Crippen molar-refractivity contribution in [2.24, 2.45) is 39.7 Å². The van der Waals surface area contributed by atoms with Gasteiger partial charge in [0.15, 0.2) is 6.61 Å². The lowest BCUT2D eigenvalue weighted by Gasteiger charge is -2.57. The standard InChI is InChI=1S/C37H54N2O4/c1-25(2)32-23-37(19-21-42-32,26-8-6-5-7-9-26)18-20-38-34(41)24-43-39-28-14-16-35(3)27(22-28)10-11-29-30-12-13-33(40)36(30,4)17-15-31(29)35/h5-9,22,25,29-33,40H,10-21,23-24H2,1-4H3,(H,38,41)/t29-,30+,31-,32+,33+,35+,36+,37-/m1/s1. The number of aliphatic hydroxyl groups is 1. The highest BCUT2D eigenvalue weighted by molar-refractivity contribution is 5.96. The van der Waals surface area contributed by atoms with E-state index in [0.717, 1.165) is 69.6 Å². The molecule has 3 saturated carbocycles. The van der Waals surface area contributed by atoms with E-state index in [2.05, 4.69) is 74.6 Å². The van der Waals surface area contributed by atoms with E-state index in [0.29, 0.717) is 24.3 Å². The number of nitrogens with one attached hydrogen (secondary N) is 1. The zero-order valence-corrected chi connectivity index (χ0v) is 26.9. The van der Waals surface area contributed by atoms with Gasteiger partial charge in [-0.15, -0.1) is 0 Å². The lowest BCUT2D eigenvalue weighted by Crippen LogP contribution is -2.51. The van der Waals surface area contributed by atoms with Crippen molar-refractivity contribution in [3.8, 4) is 0 Å². The number of aliphatic hydroxyl groups excluding tert-OH is 1. The highest BCUT2D eigenvalue weighted by Crippen LogP contribution is 2.65. The van der Waals surface area contributed by atoms with Crippen LogP contribution in [0.25, 0.3) is 0 Å². The van der Waals surface area contributed by atoms with Gasteiger partial charge in [0.2, 0.25) is 0 Å². The molecule has 1 aromatic rings. The molecule has 0 bridgehead atoms. The molecule has 1 saturated heterocycles. The molecule has 1 aromatic carbocycles. The minimum atomic E-state index is -0.119. The highest BCUT2D eigenvalue weighted by Gasteiger charge is 2.58. The third-order valence-corrected chi connectivity index (χ3v) is 12.9. The van der Waals surface area contributed by atoms with Gasteiger partial charge in [-0.2, -0.15) is 0 Å². The molecule has 236 valence electrons. The number of carbonyl (C=O) groups is 1. The number of hydrogen-bond acceptors (Lipinski definition) is 5. The van der Waals surface area contributed by atoms with Crippen LogP contribution in [-0.4, -0.2) is 48.7 Å². The summed E-state index contributed by atoms with van der Waals surface area (Å²) >= 11 is 0. The third-order valence-electron chi connectivity index (χ3n) is 12.9. The summed E-state index contributed by atoms with van der Waals surface area (Å²) in [6, 6.07) is 10.7. The van der Waals surface area contributed by atoms with Crippen molar-refractivity contribution in [1.29, 1.82) is 0 Å². The lowest BCUT2D eigenvalue weighted by atomic mass is 9.47. The van der Waals surface area contributed by atoms with Gasteiger partial charge < -0.3 is 20.0 Å². The van der Waals surface area contributed by atoms with E-state index in [1.165, 1.54) is 30.4 Å². The predicted molar refractivity (Wildman–Crippen MR) is 171 cm³/mol. The number of carbonyl (C=O) groups excluding carboxylic acids is 1. The number of hydrogen-bond donors (Lipinski definition) is 2. The second-order valence-corrected chi connectivity index (χ2v) is 15.3. The van der Waals surface area contributed by atoms with Crippen molar-refractivity contribution >= 4 is 11.6 Å². The summed E-state index contributed by atoms with van der Waals surface area (Å²) < 4.78 is 6.11. The number of oxime groups is 1. The molecule has 6 nitrogen and oxygen atoms in total. The Balaban J connectivity index is 1.02. The number of allylic oxidation sites excluding steroid dienone is 2. The van der Waals surface area contributed by atoms with Gasteiger partial charge in [0.05, 0.1) is 17.9 Å². The maximum Gasteiger partial charge on any atom is 0.260 e. The van der Waals surface area contributed by atoms with Gasteiger partial charge in [-0.3, -0.25) is 4.79 Å². The van der Waals surface area contributed by atoms with E-state index in [1.807, 2.05) is 0 Å². The van der Waals surface area contributed by atoms with Crippen LogP contribution < -0.4 is 5.32 Å². The molecule has 4 aliphatic carbocycles. The zero-order chi connectivity index (χ0) is 30.2. The fraction of sp³-hybridized carbons (Fsp3) is 0.730. The Morgan fingerprint density at radius 2 is 1.88 bits per heavy atom. The number of ether oxygens (including phenoxy) is 1. The van der Waals surface area contributed by atoms with Gasteiger partial charge >= 0.3 is 0 Å². The molecule has 1 amide bonds. The molecule has 8 atom stereocenters. The van der Waals surface area contributed by atoms with Gasteiger partial charge in [-0.25, -0.2) is 0 Å². The summed E-state index contributed by atoms with van der Waals surface area (Å²) in [5.74, 6) is 2.46. The van der Waals surface area contributed by atoms with Gasteiger partial charge in [0, 0.05) is 18.6 Å². The Morgan fingerprint density at radius 3 is 2.67 bits per heavy atom. The Labute approximate surface area is 259 Å². The van der Waals surface area contributed by atoms with Crippen molar-refractivity contribution in [2.45, 2.75) is 116 Å². The van der Waals surface area contributed by atoms with Crippen LogP contribution in [0.5, 0.6) is 0 Å². The Bertz CT molecular complexity index is 1210. The second kappa shape index (κ2) is 12.3. The smallest absolute Gasteiger partial charge is 0.260 e. The molecule has 2 N–H and O–H groups in total. The number of fused-ring (bicyclic) bond motifs is 5. The summed E-state index contributed by atoms with van der Waals surface area (Å²) in [6.45, 7) is 10.6. The van der Waals surface area contributed by atoms with E-state index >= 15 is 0 Å². The van der Waals surface area contributed by atoms with Crippen LogP contribution >= 0.6 is 0 Å². The van der Waals surface area contributed by atoms with Crippen LogP contribution in [0, 0.1) is 34.5 Å². The van der Waals surface area contributed by atoms with E-state index in [1.54, 1.807) is 0 Å². The first-order chi connectivity index (χ1) is 20.6. The number of benzene rings is 1. The van der Waals surface area contributed by atoms with Gasteiger partial charge in [0.25, 0.3) is 5.91 Å². The molecule has 4 fully saturated rings. The van der Waals surface area contributed by atoms with Gasteiger partial charge in [0.1, 0.15) is 0 Å². The minimum absolute atomic E-state index is 0.0112. The Morgan fingerprint density at radius 1 is 1.07 bits per heavy atom. The average molecular weight is 591 g/mol. The van der Waals surface area contributed by atoms with E-state index in [-0.39, 0.29) is 41.0 Å². The summed E-state index contributed by atoms with van der Waals surface area (Å²) in [5, 5.41) is 18.3. The van der Waals surface area contributed by atoms with Crippen LogP contribution in [0.15, 0.2) is 47.1 Å². The maximum atomic E-state index is 12.8. The molecule has 5 aliphatic rings. The summed E-state index contributed by atoms with van der Waals surface area (Å²) in [7, 11) is 0. The normalized spacial score (nSPS) is 39.9. The fourth-order valence-electron chi connectivity index (χ4n) is 10.1. The van der Waals surface area contributed by atoms with Crippen LogP contribution in [0.1, 0.15) is 104 Å². The molecule has 1 heterocycles. The summed E-state index contributed by atoms with van der Waals surface area (Å²) in [5.41, 5.74) is 4.20. The number of amides is 1. The predicted octanol–water partition coefficient (Wildman–Crippen LogP) is 6.96. The van der Waals surface area contributed by atoms with Crippen molar-refractivity contribution in [3.05, 3.63) is 47.5 Å². The topological polar surface area (TPSA) is 80.2 Å². The average Bonchev–Trinajstić information content (AvgIpc) is 3.31. The van der Waals surface area contributed by atoms with Crippen molar-refractivity contribution in [3.63, 3.8) is 0 Å². The fourth-order valence-corrected chi connectivity index (χ4v) is 10.1. The Kier molecular flexibility index (Phi) is 8.83. The molecule has 6 rings (SSSR count). The van der Waals surface area contributed by atoms with Crippen molar-refractivity contribution in [1.82, 2.24) is 5.32 Å². The quantitative estimate of drug-likeness (QED) is 0.321. The van der Waals surface area contributed by atoms with Crippen LogP contribution in [0.4, 0.5) is 0 Å². The van der Waals surface area contributed by atoms with Crippen LogP contribution in [0.2, 0.25) is 0 Å². The van der Waals surface area contributed by atoms with Crippen molar-refractivity contribution < 1.29 is 19.5 Å². The molecular weight excluding hydrogens is 536 g/mol. The highest BCUT2D eigenvalue weighted by atomic mass is 16.6. The first-order valence-corrected chi connectivity index (χ1v) is 17.2. The molecule has 1 aliphatic heterocycles.